The lowest BCUT2D eigenvalue weighted by Crippen LogP contribution is -2.29. The molecule has 1 fully saturated rings. The number of aromatic hydroxyl groups is 1. The van der Waals surface area contributed by atoms with Crippen molar-refractivity contribution in [3.63, 3.8) is 0 Å². The van der Waals surface area contributed by atoms with Gasteiger partial charge in [0.1, 0.15) is 11.9 Å². The van der Waals surface area contributed by atoms with E-state index >= 15 is 0 Å². The first-order valence-electron chi connectivity index (χ1n) is 10.2. The van der Waals surface area contributed by atoms with Gasteiger partial charge in [-0.1, -0.05) is 37.6 Å². The molecule has 152 valence electrons. The Hall–Kier alpha value is -2.07. The highest BCUT2D eigenvalue weighted by Gasteiger charge is 2.53. The summed E-state index contributed by atoms with van der Waals surface area (Å²) in [5.41, 5.74) is 2.12. The average Bonchev–Trinajstić information content (AvgIpc) is 3.26. The lowest BCUT2D eigenvalue weighted by atomic mass is 9.81. The molecule has 0 spiro atoms. The van der Waals surface area contributed by atoms with Crippen molar-refractivity contribution in [2.24, 2.45) is 5.41 Å². The molecule has 1 N–H and O–H groups in total. The number of fused-ring (bicyclic) bond motifs is 1. The van der Waals surface area contributed by atoms with Gasteiger partial charge < -0.3 is 14.6 Å². The molecule has 2 aliphatic rings. The molecule has 1 aliphatic heterocycles. The molecular formula is C24H32O4. The number of carbonyl (C=O) groups excluding carboxylic acids is 1. The minimum absolute atomic E-state index is 0.0535. The summed E-state index contributed by atoms with van der Waals surface area (Å²) in [4.78, 5) is 12.4. The second-order valence-electron chi connectivity index (χ2n) is 9.27. The Bertz CT molecular complexity index is 759. The number of rotatable bonds is 3. The normalized spacial score (nSPS) is 30.1. The number of epoxide rings is 1. The second-order valence-corrected chi connectivity index (χ2v) is 9.27. The highest BCUT2D eigenvalue weighted by molar-refractivity contribution is 5.87. The molecule has 1 aromatic carbocycles. The van der Waals surface area contributed by atoms with Crippen LogP contribution in [0.25, 0.3) is 6.08 Å². The van der Waals surface area contributed by atoms with Crippen molar-refractivity contribution < 1.29 is 19.4 Å². The predicted octanol–water partition coefficient (Wildman–Crippen LogP) is 5.41. The van der Waals surface area contributed by atoms with Crippen LogP contribution in [0.15, 0.2) is 42.0 Å². The van der Waals surface area contributed by atoms with Crippen molar-refractivity contribution in [2.75, 3.05) is 0 Å². The fourth-order valence-corrected chi connectivity index (χ4v) is 4.01. The van der Waals surface area contributed by atoms with Crippen molar-refractivity contribution in [3.8, 4) is 5.75 Å². The first-order valence-corrected chi connectivity index (χ1v) is 10.2. The third kappa shape index (κ3) is 5.71. The second kappa shape index (κ2) is 8.12. The fourth-order valence-electron chi connectivity index (χ4n) is 4.01. The van der Waals surface area contributed by atoms with E-state index in [0.29, 0.717) is 0 Å². The molecular weight excluding hydrogens is 352 g/mol. The zero-order valence-electron chi connectivity index (χ0n) is 17.4. The van der Waals surface area contributed by atoms with E-state index < -0.39 is 0 Å². The van der Waals surface area contributed by atoms with Gasteiger partial charge in [0.05, 0.1) is 11.7 Å². The van der Waals surface area contributed by atoms with Gasteiger partial charge in [-0.05, 0) is 68.7 Å². The summed E-state index contributed by atoms with van der Waals surface area (Å²) in [7, 11) is 0. The summed E-state index contributed by atoms with van der Waals surface area (Å²) < 4.78 is 11.8. The molecule has 0 saturated carbocycles. The molecule has 0 bridgehead atoms. The van der Waals surface area contributed by atoms with E-state index in [1.807, 2.05) is 0 Å². The lowest BCUT2D eigenvalue weighted by Gasteiger charge is -2.29. The van der Waals surface area contributed by atoms with Gasteiger partial charge >= 0.3 is 5.97 Å². The van der Waals surface area contributed by atoms with Crippen molar-refractivity contribution in [3.05, 3.63) is 47.6 Å². The van der Waals surface area contributed by atoms with E-state index in [9.17, 15) is 9.90 Å². The molecule has 4 nitrogen and oxygen atoms in total. The molecule has 4 heteroatoms. The molecule has 1 saturated heterocycles. The monoisotopic (exact) mass is 384 g/mol. The molecule has 3 rings (SSSR count). The van der Waals surface area contributed by atoms with Gasteiger partial charge in [-0.2, -0.15) is 0 Å². The minimum atomic E-state index is -0.337. The summed E-state index contributed by atoms with van der Waals surface area (Å²) >= 11 is 0. The number of carbonyl (C=O) groups is 1. The highest BCUT2D eigenvalue weighted by atomic mass is 16.6. The van der Waals surface area contributed by atoms with Crippen LogP contribution in [-0.4, -0.2) is 28.9 Å². The number of phenolic OH excluding ortho intramolecular Hbond substituents is 1. The smallest absolute Gasteiger partial charge is 0.331 e. The summed E-state index contributed by atoms with van der Waals surface area (Å²) in [6, 6.07) is 6.71. The Kier molecular flexibility index (Phi) is 5.99. The Morgan fingerprint density at radius 1 is 1.21 bits per heavy atom. The van der Waals surface area contributed by atoms with Crippen LogP contribution < -0.4 is 0 Å². The van der Waals surface area contributed by atoms with E-state index in [4.69, 9.17) is 9.47 Å². The van der Waals surface area contributed by atoms with Crippen molar-refractivity contribution in [1.82, 2.24) is 0 Å². The van der Waals surface area contributed by atoms with E-state index in [0.717, 1.165) is 37.7 Å². The van der Waals surface area contributed by atoms with Gasteiger partial charge in [-0.15, -0.1) is 0 Å². The van der Waals surface area contributed by atoms with Crippen LogP contribution in [0.3, 0.4) is 0 Å². The summed E-state index contributed by atoms with van der Waals surface area (Å²) in [6.45, 7) is 8.79. The maximum atomic E-state index is 12.4. The minimum Gasteiger partial charge on any atom is -0.508 e. The van der Waals surface area contributed by atoms with Crippen LogP contribution in [0.2, 0.25) is 0 Å². The standard InChI is InChI=1S/C24H32O4/c1-17-5-11-21-24(4,28-21)16-20(15-23(2,3)14-13-17)27-22(26)12-8-18-6-9-19(25)10-7-18/h6-10,12-13,20-21,25H,5,11,14-16H2,1-4H3/t20-,21-,24-/m1/s1. The third-order valence-corrected chi connectivity index (χ3v) is 5.84. The average molecular weight is 385 g/mol. The highest BCUT2D eigenvalue weighted by Crippen LogP contribution is 2.46. The molecule has 1 aliphatic carbocycles. The quantitative estimate of drug-likeness (QED) is 0.327. The molecule has 1 heterocycles. The maximum absolute atomic E-state index is 12.4. The first-order chi connectivity index (χ1) is 13.2. The molecule has 0 aromatic heterocycles. The lowest BCUT2D eigenvalue weighted by molar-refractivity contribution is -0.145. The van der Waals surface area contributed by atoms with E-state index in [-0.39, 0.29) is 34.9 Å². The molecule has 0 unspecified atom stereocenters. The first kappa shape index (κ1) is 20.7. The van der Waals surface area contributed by atoms with E-state index in [1.165, 1.54) is 11.6 Å². The molecule has 1 aromatic rings. The Morgan fingerprint density at radius 3 is 2.64 bits per heavy atom. The van der Waals surface area contributed by atoms with Crippen LogP contribution >= 0.6 is 0 Å². The topological polar surface area (TPSA) is 59.1 Å². The van der Waals surface area contributed by atoms with Gasteiger partial charge in [0.2, 0.25) is 0 Å². The number of hydrogen-bond acceptors (Lipinski definition) is 4. The largest absolute Gasteiger partial charge is 0.508 e. The fraction of sp³-hybridized carbons (Fsp3) is 0.542. The van der Waals surface area contributed by atoms with Crippen LogP contribution in [-0.2, 0) is 14.3 Å². The maximum Gasteiger partial charge on any atom is 0.331 e. The van der Waals surface area contributed by atoms with Gasteiger partial charge in [0, 0.05) is 12.5 Å². The van der Waals surface area contributed by atoms with Gasteiger partial charge in [0.25, 0.3) is 0 Å². The number of allylic oxidation sites excluding steroid dienone is 2. The molecule has 28 heavy (non-hydrogen) atoms. The van der Waals surface area contributed by atoms with Crippen LogP contribution in [0, 0.1) is 5.41 Å². The van der Waals surface area contributed by atoms with Crippen LogP contribution in [0.4, 0.5) is 0 Å². The third-order valence-electron chi connectivity index (χ3n) is 5.84. The van der Waals surface area contributed by atoms with Crippen LogP contribution in [0.1, 0.15) is 65.4 Å². The number of benzene rings is 1. The zero-order chi connectivity index (χ0) is 20.4. The predicted molar refractivity (Wildman–Crippen MR) is 111 cm³/mol. The van der Waals surface area contributed by atoms with Crippen LogP contribution in [0.5, 0.6) is 5.75 Å². The Morgan fingerprint density at radius 2 is 1.93 bits per heavy atom. The van der Waals surface area contributed by atoms with E-state index in [1.54, 1.807) is 30.3 Å². The van der Waals surface area contributed by atoms with E-state index in [2.05, 4.69) is 33.8 Å². The zero-order valence-corrected chi connectivity index (χ0v) is 17.4. The van der Waals surface area contributed by atoms with Gasteiger partial charge in [-0.3, -0.25) is 0 Å². The Balaban J connectivity index is 1.68. The van der Waals surface area contributed by atoms with Gasteiger partial charge in [0.15, 0.2) is 0 Å². The molecule has 3 atom stereocenters. The summed E-state index contributed by atoms with van der Waals surface area (Å²) in [5.74, 6) is -0.132. The molecule has 0 radical (unpaired) electrons. The summed E-state index contributed by atoms with van der Waals surface area (Å²) in [5, 5.41) is 9.35. The number of phenols is 1. The number of hydrogen-bond donors (Lipinski definition) is 1. The number of esters is 1. The van der Waals surface area contributed by atoms with Crippen molar-refractivity contribution in [1.29, 1.82) is 0 Å². The van der Waals surface area contributed by atoms with Crippen molar-refractivity contribution in [2.45, 2.75) is 77.6 Å². The molecule has 0 amide bonds. The SMILES string of the molecule is CC1=CCC(C)(C)C[C@@H](OC(=O)C=Cc2ccc(O)cc2)C[C@@]2(C)O[C@@H]2CC1. The van der Waals surface area contributed by atoms with Crippen molar-refractivity contribution >= 4 is 12.0 Å². The Labute approximate surface area is 168 Å². The summed E-state index contributed by atoms with van der Waals surface area (Å²) in [6.07, 6.45) is 10.2. The number of ether oxygens (including phenoxy) is 2. The van der Waals surface area contributed by atoms with Gasteiger partial charge in [-0.25, -0.2) is 4.79 Å².